The van der Waals surface area contributed by atoms with Gasteiger partial charge >= 0.3 is 5.16 Å². The van der Waals surface area contributed by atoms with E-state index in [0.717, 1.165) is 14.3 Å². The molecule has 2 rings (SSSR count). The summed E-state index contributed by atoms with van der Waals surface area (Å²) in [5.41, 5.74) is 0.778. The molecule has 1 aromatic carbocycles. The maximum atomic E-state index is 12.0. The van der Waals surface area contributed by atoms with Crippen molar-refractivity contribution < 1.29 is 9.36 Å². The maximum Gasteiger partial charge on any atom is 0.317 e. The van der Waals surface area contributed by atoms with Gasteiger partial charge in [-0.3, -0.25) is 4.79 Å². The summed E-state index contributed by atoms with van der Waals surface area (Å²) < 4.78 is 5.18. The van der Waals surface area contributed by atoms with E-state index >= 15 is 0 Å². The molecule has 0 atom stereocenters. The Bertz CT molecular complexity index is 543. The summed E-state index contributed by atoms with van der Waals surface area (Å²) in [6, 6.07) is 7.69. The zero-order chi connectivity index (χ0) is 13.1. The highest BCUT2D eigenvalue weighted by atomic mass is 127. The summed E-state index contributed by atoms with van der Waals surface area (Å²) in [6.07, 6.45) is 3.97. The number of carbonyl (C=O) groups excluding carboxylic acids is 1. The van der Waals surface area contributed by atoms with Crippen LogP contribution < -0.4 is 4.57 Å². The summed E-state index contributed by atoms with van der Waals surface area (Å²) in [6.45, 7) is 0. The SMILES string of the molecule is Cn1cc[n+](C)c1SCC(=O)c1ccc(I)cc1. The average molecular weight is 373 g/mol. The highest BCUT2D eigenvalue weighted by molar-refractivity contribution is 14.1. The van der Waals surface area contributed by atoms with Gasteiger partial charge in [0.25, 0.3) is 0 Å². The van der Waals surface area contributed by atoms with Crippen LogP contribution in [0.3, 0.4) is 0 Å². The maximum absolute atomic E-state index is 12.0. The molecule has 0 saturated heterocycles. The number of hydrogen-bond donors (Lipinski definition) is 0. The number of imidazole rings is 1. The molecule has 0 aliphatic carbocycles. The van der Waals surface area contributed by atoms with Crippen LogP contribution in [0, 0.1) is 3.57 Å². The minimum atomic E-state index is 0.164. The Labute approximate surface area is 124 Å². The second-order valence-corrected chi connectivity index (χ2v) is 6.21. The molecule has 0 N–H and O–H groups in total. The molecule has 1 aromatic heterocycles. The van der Waals surface area contributed by atoms with Gasteiger partial charge in [0.2, 0.25) is 0 Å². The molecule has 0 spiro atoms. The number of hydrogen-bond acceptors (Lipinski definition) is 2. The molecule has 0 radical (unpaired) electrons. The molecule has 0 fully saturated rings. The number of aromatic nitrogens is 2. The number of carbonyl (C=O) groups is 1. The van der Waals surface area contributed by atoms with E-state index in [9.17, 15) is 4.79 Å². The predicted octanol–water partition coefficient (Wildman–Crippen LogP) is 2.43. The lowest BCUT2D eigenvalue weighted by Crippen LogP contribution is -2.29. The fraction of sp³-hybridized carbons (Fsp3) is 0.231. The molecule has 0 bridgehead atoms. The van der Waals surface area contributed by atoms with Crippen LogP contribution in [0.1, 0.15) is 10.4 Å². The van der Waals surface area contributed by atoms with Gasteiger partial charge in [-0.2, -0.15) is 0 Å². The van der Waals surface area contributed by atoms with Crippen LogP contribution in [0.5, 0.6) is 0 Å². The molecule has 3 nitrogen and oxygen atoms in total. The summed E-state index contributed by atoms with van der Waals surface area (Å²) in [5.74, 6) is 0.629. The van der Waals surface area contributed by atoms with E-state index in [0.29, 0.717) is 5.75 Å². The summed E-state index contributed by atoms with van der Waals surface area (Å²) in [4.78, 5) is 12.0. The predicted molar refractivity (Wildman–Crippen MR) is 80.8 cm³/mol. The van der Waals surface area contributed by atoms with Crippen LogP contribution in [-0.2, 0) is 14.1 Å². The lowest BCUT2D eigenvalue weighted by molar-refractivity contribution is -0.709. The van der Waals surface area contributed by atoms with Crippen molar-refractivity contribution in [1.29, 1.82) is 0 Å². The highest BCUT2D eigenvalue weighted by Gasteiger charge is 2.15. The van der Waals surface area contributed by atoms with Crippen molar-refractivity contribution >= 4 is 40.1 Å². The Balaban J connectivity index is 2.03. The van der Waals surface area contributed by atoms with E-state index in [4.69, 9.17) is 0 Å². The smallest absolute Gasteiger partial charge is 0.293 e. The third kappa shape index (κ3) is 3.14. The quantitative estimate of drug-likeness (QED) is 0.356. The standard InChI is InChI=1S/C13H14IN2OS/c1-15-7-8-16(2)13(15)18-9-12(17)10-3-5-11(14)6-4-10/h3-8H,9H2,1-2H3/q+1. The van der Waals surface area contributed by atoms with Crippen molar-refractivity contribution in [2.45, 2.75) is 5.16 Å². The van der Waals surface area contributed by atoms with E-state index in [1.807, 2.05) is 59.9 Å². The molecule has 1 heterocycles. The first-order valence-corrected chi connectivity index (χ1v) is 7.57. The molecule has 0 amide bonds. The molecular weight excluding hydrogens is 359 g/mol. The van der Waals surface area contributed by atoms with Gasteiger partial charge in [-0.05, 0) is 46.5 Å². The Morgan fingerprint density at radius 3 is 2.61 bits per heavy atom. The topological polar surface area (TPSA) is 25.9 Å². The zero-order valence-corrected chi connectivity index (χ0v) is 13.2. The number of halogens is 1. The first kappa shape index (κ1) is 13.6. The van der Waals surface area contributed by atoms with Crippen molar-refractivity contribution in [2.24, 2.45) is 14.1 Å². The van der Waals surface area contributed by atoms with Crippen molar-refractivity contribution in [1.82, 2.24) is 4.57 Å². The van der Waals surface area contributed by atoms with Gasteiger partial charge in [-0.15, -0.1) is 0 Å². The first-order valence-electron chi connectivity index (χ1n) is 5.50. The number of rotatable bonds is 4. The van der Waals surface area contributed by atoms with Crippen LogP contribution in [0.25, 0.3) is 0 Å². The number of nitrogens with zero attached hydrogens (tertiary/aromatic N) is 2. The fourth-order valence-electron chi connectivity index (χ4n) is 1.63. The van der Waals surface area contributed by atoms with Crippen LogP contribution >= 0.6 is 34.4 Å². The van der Waals surface area contributed by atoms with Crippen LogP contribution in [0.4, 0.5) is 0 Å². The number of aryl methyl sites for hydroxylation is 2. The second kappa shape index (κ2) is 5.88. The molecule has 18 heavy (non-hydrogen) atoms. The molecule has 94 valence electrons. The van der Waals surface area contributed by atoms with E-state index < -0.39 is 0 Å². The Kier molecular flexibility index (Phi) is 4.45. The molecule has 0 aliphatic heterocycles. The average Bonchev–Trinajstić information content (AvgIpc) is 2.67. The molecule has 0 saturated carbocycles. The number of Topliss-reactive ketones (excluding diaryl/α,β-unsaturated/α-hetero) is 1. The molecule has 0 unspecified atom stereocenters. The minimum Gasteiger partial charge on any atom is -0.293 e. The highest BCUT2D eigenvalue weighted by Crippen LogP contribution is 2.16. The first-order chi connectivity index (χ1) is 8.58. The lowest BCUT2D eigenvalue weighted by Gasteiger charge is -2.00. The minimum absolute atomic E-state index is 0.164. The molecular formula is C13H14IN2OS+. The van der Waals surface area contributed by atoms with Gasteiger partial charge in [0, 0.05) is 9.13 Å². The summed E-state index contributed by atoms with van der Waals surface area (Å²) >= 11 is 3.80. The van der Waals surface area contributed by atoms with E-state index in [-0.39, 0.29) is 5.78 Å². The Morgan fingerprint density at radius 2 is 2.06 bits per heavy atom. The normalized spacial score (nSPS) is 10.6. The van der Waals surface area contributed by atoms with Gasteiger partial charge in [-0.25, -0.2) is 9.13 Å². The second-order valence-electron chi connectivity index (χ2n) is 4.02. The van der Waals surface area contributed by atoms with Gasteiger partial charge in [0.15, 0.2) is 5.78 Å². The largest absolute Gasteiger partial charge is 0.317 e. The third-order valence-corrected chi connectivity index (χ3v) is 4.58. The van der Waals surface area contributed by atoms with Gasteiger partial charge in [0.1, 0.15) is 12.4 Å². The molecule has 0 aliphatic rings. The van der Waals surface area contributed by atoms with Crippen LogP contribution in [0.2, 0.25) is 0 Å². The Hall–Kier alpha value is -0.820. The number of thioether (sulfide) groups is 1. The van der Waals surface area contributed by atoms with E-state index in [1.54, 1.807) is 11.8 Å². The van der Waals surface area contributed by atoms with Crippen molar-refractivity contribution in [3.63, 3.8) is 0 Å². The number of benzene rings is 1. The summed E-state index contributed by atoms with van der Waals surface area (Å²) in [5, 5.41) is 1.08. The van der Waals surface area contributed by atoms with Crippen LogP contribution in [0.15, 0.2) is 41.8 Å². The van der Waals surface area contributed by atoms with E-state index in [1.165, 1.54) is 0 Å². The fourth-order valence-corrected chi connectivity index (χ4v) is 2.94. The van der Waals surface area contributed by atoms with Gasteiger partial charge < -0.3 is 0 Å². The van der Waals surface area contributed by atoms with Crippen molar-refractivity contribution in [3.8, 4) is 0 Å². The third-order valence-electron chi connectivity index (χ3n) is 2.62. The Morgan fingerprint density at radius 1 is 1.39 bits per heavy atom. The van der Waals surface area contributed by atoms with Gasteiger partial charge in [0.05, 0.1) is 19.8 Å². The van der Waals surface area contributed by atoms with Crippen molar-refractivity contribution in [2.75, 3.05) is 5.75 Å². The van der Waals surface area contributed by atoms with Gasteiger partial charge in [-0.1, -0.05) is 12.1 Å². The summed E-state index contributed by atoms with van der Waals surface area (Å²) in [7, 11) is 3.97. The number of ketones is 1. The monoisotopic (exact) mass is 373 g/mol. The molecule has 5 heteroatoms. The van der Waals surface area contributed by atoms with Crippen LogP contribution in [-0.4, -0.2) is 16.1 Å². The van der Waals surface area contributed by atoms with E-state index in [2.05, 4.69) is 22.6 Å². The zero-order valence-electron chi connectivity index (χ0n) is 10.3. The molecule has 2 aromatic rings. The van der Waals surface area contributed by atoms with Crippen molar-refractivity contribution in [3.05, 3.63) is 45.8 Å². The lowest BCUT2D eigenvalue weighted by atomic mass is 10.2.